The Morgan fingerprint density at radius 3 is 2.62 bits per heavy atom. The van der Waals surface area contributed by atoms with E-state index >= 15 is 0 Å². The molecule has 1 aromatic rings. The Balaban J connectivity index is 2.47. The first kappa shape index (κ1) is 10.9. The summed E-state index contributed by atoms with van der Waals surface area (Å²) in [6.45, 7) is 0. The Hall–Kier alpha value is -1.58. The summed E-state index contributed by atoms with van der Waals surface area (Å²) in [6, 6.07) is 6.66. The van der Waals surface area contributed by atoms with Crippen LogP contribution in [0.1, 0.15) is 18.4 Å². The summed E-state index contributed by atoms with van der Waals surface area (Å²) in [6.07, 6.45) is 2.06. The fourth-order valence-electron chi connectivity index (χ4n) is 1.39. The number of nitrogens with one attached hydrogen (secondary N) is 1. The molecular formula is C10H11N3O2S. The number of primary sulfonamides is 1. The van der Waals surface area contributed by atoms with Crippen molar-refractivity contribution in [3.05, 3.63) is 23.8 Å². The Bertz CT molecular complexity index is 556. The molecule has 0 saturated heterocycles. The van der Waals surface area contributed by atoms with E-state index in [1.54, 1.807) is 12.1 Å². The molecule has 0 aromatic heterocycles. The summed E-state index contributed by atoms with van der Waals surface area (Å²) in [7, 11) is -3.80. The number of benzene rings is 1. The summed E-state index contributed by atoms with van der Waals surface area (Å²) < 4.78 is 22.7. The topological polar surface area (TPSA) is 96.0 Å². The lowest BCUT2D eigenvalue weighted by molar-refractivity contribution is 0.598. The second-order valence-corrected chi connectivity index (χ2v) is 5.32. The third-order valence-electron chi connectivity index (χ3n) is 2.35. The number of hydrogen-bond donors (Lipinski definition) is 2. The number of nitriles is 1. The van der Waals surface area contributed by atoms with Gasteiger partial charge in [0.05, 0.1) is 17.3 Å². The van der Waals surface area contributed by atoms with Crippen LogP contribution in [0.25, 0.3) is 0 Å². The predicted molar refractivity (Wildman–Crippen MR) is 59.2 cm³/mol. The molecule has 5 nitrogen and oxygen atoms in total. The van der Waals surface area contributed by atoms with Gasteiger partial charge in [-0.15, -0.1) is 0 Å². The van der Waals surface area contributed by atoms with Gasteiger partial charge in [-0.1, -0.05) is 0 Å². The molecule has 6 heteroatoms. The molecule has 0 amide bonds. The maximum atomic E-state index is 11.4. The zero-order valence-corrected chi connectivity index (χ0v) is 9.29. The van der Waals surface area contributed by atoms with Crippen molar-refractivity contribution < 1.29 is 8.42 Å². The molecule has 1 aromatic carbocycles. The lowest BCUT2D eigenvalue weighted by Crippen LogP contribution is -2.16. The maximum Gasteiger partial charge on any atom is 0.240 e. The van der Waals surface area contributed by atoms with E-state index in [0.717, 1.165) is 12.8 Å². The Morgan fingerprint density at radius 1 is 1.44 bits per heavy atom. The monoisotopic (exact) mass is 237 g/mol. The fourth-order valence-corrected chi connectivity index (χ4v) is 2.12. The molecule has 84 valence electrons. The van der Waals surface area contributed by atoms with Crippen LogP contribution in [-0.2, 0) is 10.0 Å². The van der Waals surface area contributed by atoms with Gasteiger partial charge in [-0.3, -0.25) is 0 Å². The molecular weight excluding hydrogens is 226 g/mol. The van der Waals surface area contributed by atoms with Gasteiger partial charge in [-0.05, 0) is 31.0 Å². The van der Waals surface area contributed by atoms with E-state index in [4.69, 9.17) is 10.4 Å². The van der Waals surface area contributed by atoms with Crippen molar-refractivity contribution in [3.8, 4) is 6.07 Å². The minimum atomic E-state index is -3.80. The highest BCUT2D eigenvalue weighted by Gasteiger charge is 2.24. The molecule has 1 fully saturated rings. The van der Waals surface area contributed by atoms with Crippen LogP contribution in [0, 0.1) is 11.3 Å². The van der Waals surface area contributed by atoms with Gasteiger partial charge in [0, 0.05) is 6.04 Å². The molecule has 0 unspecified atom stereocenters. The molecule has 0 atom stereocenters. The molecule has 1 aliphatic carbocycles. The fraction of sp³-hybridized carbons (Fsp3) is 0.300. The lowest BCUT2D eigenvalue weighted by atomic mass is 10.2. The number of hydrogen-bond acceptors (Lipinski definition) is 4. The number of nitrogens with two attached hydrogens (primary N) is 1. The standard InChI is InChI=1S/C10H11N3O2S/c11-6-7-1-4-9(13-8-2-3-8)10(5-7)16(12,14)15/h1,4-5,8,13H,2-3H2,(H2,12,14,15). The largest absolute Gasteiger partial charge is 0.381 e. The molecule has 2 rings (SSSR count). The number of anilines is 1. The average molecular weight is 237 g/mol. The second kappa shape index (κ2) is 3.77. The summed E-state index contributed by atoms with van der Waals surface area (Å²) in [4.78, 5) is -0.0153. The maximum absolute atomic E-state index is 11.4. The van der Waals surface area contributed by atoms with Crippen LogP contribution in [0.3, 0.4) is 0 Å². The number of sulfonamides is 1. The van der Waals surface area contributed by atoms with Crippen LogP contribution < -0.4 is 10.5 Å². The lowest BCUT2D eigenvalue weighted by Gasteiger charge is -2.09. The molecule has 3 N–H and O–H groups in total. The van der Waals surface area contributed by atoms with Crippen molar-refractivity contribution in [2.75, 3.05) is 5.32 Å². The van der Waals surface area contributed by atoms with Gasteiger partial charge in [0.15, 0.2) is 0 Å². The summed E-state index contributed by atoms with van der Waals surface area (Å²) in [5, 5.41) is 16.9. The molecule has 0 heterocycles. The predicted octanol–water partition coefficient (Wildman–Crippen LogP) is 0.780. The van der Waals surface area contributed by atoms with E-state index in [2.05, 4.69) is 5.32 Å². The normalized spacial score (nSPS) is 15.5. The molecule has 1 saturated carbocycles. The minimum Gasteiger partial charge on any atom is -0.381 e. The van der Waals surface area contributed by atoms with Gasteiger partial charge in [-0.25, -0.2) is 13.6 Å². The summed E-state index contributed by atoms with van der Waals surface area (Å²) >= 11 is 0. The first-order valence-electron chi connectivity index (χ1n) is 4.84. The van der Waals surface area contributed by atoms with Gasteiger partial charge in [0.25, 0.3) is 0 Å². The average Bonchev–Trinajstić information content (AvgIpc) is 3.01. The van der Waals surface area contributed by atoms with Crippen molar-refractivity contribution in [1.82, 2.24) is 0 Å². The van der Waals surface area contributed by atoms with Crippen LogP contribution in [0.5, 0.6) is 0 Å². The van der Waals surface area contributed by atoms with Gasteiger partial charge in [0.1, 0.15) is 4.90 Å². The zero-order chi connectivity index (χ0) is 11.8. The highest BCUT2D eigenvalue weighted by Crippen LogP contribution is 2.29. The van der Waals surface area contributed by atoms with Crippen LogP contribution in [-0.4, -0.2) is 14.5 Å². The SMILES string of the molecule is N#Cc1ccc(NC2CC2)c(S(N)(=O)=O)c1. The molecule has 0 bridgehead atoms. The van der Waals surface area contributed by atoms with Crippen molar-refractivity contribution in [1.29, 1.82) is 5.26 Å². The van der Waals surface area contributed by atoms with Crippen molar-refractivity contribution >= 4 is 15.7 Å². The van der Waals surface area contributed by atoms with Gasteiger partial charge in [-0.2, -0.15) is 5.26 Å². The van der Waals surface area contributed by atoms with Crippen LogP contribution >= 0.6 is 0 Å². The van der Waals surface area contributed by atoms with Crippen LogP contribution in [0.2, 0.25) is 0 Å². The Morgan fingerprint density at radius 2 is 2.12 bits per heavy atom. The highest BCUT2D eigenvalue weighted by atomic mass is 32.2. The van der Waals surface area contributed by atoms with E-state index < -0.39 is 10.0 Å². The third-order valence-corrected chi connectivity index (χ3v) is 3.31. The number of rotatable bonds is 3. The first-order valence-corrected chi connectivity index (χ1v) is 6.39. The van der Waals surface area contributed by atoms with E-state index in [9.17, 15) is 8.42 Å². The Labute approximate surface area is 93.9 Å². The van der Waals surface area contributed by atoms with E-state index in [-0.39, 0.29) is 10.5 Å². The van der Waals surface area contributed by atoms with Crippen molar-refractivity contribution in [2.24, 2.45) is 5.14 Å². The molecule has 0 aliphatic heterocycles. The van der Waals surface area contributed by atoms with Crippen molar-refractivity contribution in [3.63, 3.8) is 0 Å². The minimum absolute atomic E-state index is 0.0153. The molecule has 0 radical (unpaired) electrons. The van der Waals surface area contributed by atoms with E-state index in [1.165, 1.54) is 6.07 Å². The highest BCUT2D eigenvalue weighted by molar-refractivity contribution is 7.89. The second-order valence-electron chi connectivity index (χ2n) is 3.79. The summed E-state index contributed by atoms with van der Waals surface area (Å²) in [5.74, 6) is 0. The van der Waals surface area contributed by atoms with Crippen LogP contribution in [0.4, 0.5) is 5.69 Å². The molecule has 16 heavy (non-hydrogen) atoms. The molecule has 0 spiro atoms. The smallest absolute Gasteiger partial charge is 0.240 e. The third kappa shape index (κ3) is 2.32. The Kier molecular flexibility index (Phi) is 2.58. The molecule has 1 aliphatic rings. The first-order chi connectivity index (χ1) is 7.50. The van der Waals surface area contributed by atoms with Gasteiger partial charge < -0.3 is 5.32 Å². The van der Waals surface area contributed by atoms with Crippen LogP contribution in [0.15, 0.2) is 23.1 Å². The van der Waals surface area contributed by atoms with E-state index in [1.807, 2.05) is 6.07 Å². The van der Waals surface area contributed by atoms with Gasteiger partial charge in [0.2, 0.25) is 10.0 Å². The van der Waals surface area contributed by atoms with Crippen molar-refractivity contribution in [2.45, 2.75) is 23.8 Å². The quantitative estimate of drug-likeness (QED) is 0.811. The summed E-state index contributed by atoms with van der Waals surface area (Å²) in [5.41, 5.74) is 0.759. The zero-order valence-electron chi connectivity index (χ0n) is 8.47. The van der Waals surface area contributed by atoms with E-state index in [0.29, 0.717) is 11.7 Å². The van der Waals surface area contributed by atoms with Gasteiger partial charge >= 0.3 is 0 Å². The number of nitrogens with zero attached hydrogens (tertiary/aromatic N) is 1.